The average Bonchev–Trinajstić information content (AvgIpc) is 3.17. The molecule has 1 aromatic carbocycles. The first-order valence-corrected chi connectivity index (χ1v) is 10.2. The van der Waals surface area contributed by atoms with Crippen molar-refractivity contribution in [2.24, 2.45) is 0 Å². The minimum Gasteiger partial charge on any atom is -0.440 e. The van der Waals surface area contributed by atoms with E-state index in [4.69, 9.17) is 9.15 Å². The van der Waals surface area contributed by atoms with E-state index in [-0.39, 0.29) is 17.5 Å². The molecule has 4 rings (SSSR count). The maximum atomic E-state index is 12.6. The molecule has 1 aromatic heterocycles. The predicted molar refractivity (Wildman–Crippen MR) is 107 cm³/mol. The first-order chi connectivity index (χ1) is 13.5. The van der Waals surface area contributed by atoms with Gasteiger partial charge in [-0.2, -0.15) is 0 Å². The summed E-state index contributed by atoms with van der Waals surface area (Å²) in [6.07, 6.45) is 1.76. The molecule has 2 saturated heterocycles. The van der Waals surface area contributed by atoms with E-state index in [1.54, 1.807) is 0 Å². The van der Waals surface area contributed by atoms with E-state index >= 15 is 0 Å². The molecule has 7 nitrogen and oxygen atoms in total. The van der Waals surface area contributed by atoms with Crippen LogP contribution in [0.1, 0.15) is 38.5 Å². The Balaban J connectivity index is 1.27. The molecule has 0 atom stereocenters. The van der Waals surface area contributed by atoms with Gasteiger partial charge >= 0.3 is 6.03 Å². The molecule has 1 N–H and O–H groups in total. The Labute approximate surface area is 166 Å². The second-order valence-electron chi connectivity index (χ2n) is 8.35. The van der Waals surface area contributed by atoms with Crippen LogP contribution in [0.2, 0.25) is 0 Å². The fraction of sp³-hybridized carbons (Fsp3) is 0.619. The molecule has 0 aliphatic carbocycles. The summed E-state index contributed by atoms with van der Waals surface area (Å²) in [5, 5.41) is 3.13. The monoisotopic (exact) mass is 386 g/mol. The number of nitrogens with zero attached hydrogens (tertiary/aromatic N) is 3. The first-order valence-electron chi connectivity index (χ1n) is 10.2. The number of aromatic nitrogens is 1. The second-order valence-corrected chi connectivity index (χ2v) is 8.35. The Hall–Kier alpha value is -2.12. The zero-order chi connectivity index (χ0) is 19.6. The van der Waals surface area contributed by atoms with Gasteiger partial charge in [0.25, 0.3) is 0 Å². The van der Waals surface area contributed by atoms with E-state index in [9.17, 15) is 4.79 Å². The molecule has 0 radical (unpaired) electrons. The van der Waals surface area contributed by atoms with E-state index in [1.165, 1.54) is 0 Å². The zero-order valence-electron chi connectivity index (χ0n) is 16.8. The molecule has 0 spiro atoms. The molecular formula is C21H30N4O3. The highest BCUT2D eigenvalue weighted by atomic mass is 16.5. The number of nitrogens with one attached hydrogen (secondary N) is 1. The van der Waals surface area contributed by atoms with Crippen molar-refractivity contribution < 1.29 is 13.9 Å². The van der Waals surface area contributed by atoms with Gasteiger partial charge in [-0.1, -0.05) is 12.1 Å². The van der Waals surface area contributed by atoms with Gasteiger partial charge in [0.1, 0.15) is 5.52 Å². The minimum absolute atomic E-state index is 0.0253. The molecule has 28 heavy (non-hydrogen) atoms. The number of urea groups is 1. The third-order valence-electron chi connectivity index (χ3n) is 5.98. The van der Waals surface area contributed by atoms with Crippen LogP contribution in [0, 0.1) is 0 Å². The van der Waals surface area contributed by atoms with E-state index in [2.05, 4.69) is 29.0 Å². The third kappa shape index (κ3) is 4.15. The molecule has 2 aliphatic rings. The van der Waals surface area contributed by atoms with Crippen LogP contribution in [0.15, 0.2) is 28.7 Å². The van der Waals surface area contributed by atoms with Crippen LogP contribution in [0.25, 0.3) is 11.1 Å². The van der Waals surface area contributed by atoms with Crippen molar-refractivity contribution in [2.45, 2.75) is 38.1 Å². The van der Waals surface area contributed by atoms with Crippen LogP contribution in [-0.2, 0) is 4.74 Å². The zero-order valence-corrected chi connectivity index (χ0v) is 16.8. The molecule has 2 amide bonds. The van der Waals surface area contributed by atoms with Crippen molar-refractivity contribution in [2.75, 3.05) is 45.9 Å². The molecule has 0 unspecified atom stereocenters. The number of carbonyl (C=O) groups excluding carboxylic acids is 1. The van der Waals surface area contributed by atoms with Crippen LogP contribution >= 0.6 is 0 Å². The Bertz CT molecular complexity index is 772. The number of hydrogen-bond acceptors (Lipinski definition) is 5. The second kappa shape index (κ2) is 8.09. The fourth-order valence-corrected chi connectivity index (χ4v) is 4.08. The summed E-state index contributed by atoms with van der Waals surface area (Å²) in [7, 11) is 0. The molecule has 0 saturated carbocycles. The van der Waals surface area contributed by atoms with Crippen LogP contribution < -0.4 is 5.32 Å². The lowest BCUT2D eigenvalue weighted by atomic mass is 9.97. The summed E-state index contributed by atoms with van der Waals surface area (Å²) in [4.78, 5) is 21.6. The van der Waals surface area contributed by atoms with Crippen molar-refractivity contribution in [1.82, 2.24) is 20.1 Å². The molecule has 7 heteroatoms. The van der Waals surface area contributed by atoms with Gasteiger partial charge in [-0.15, -0.1) is 0 Å². The summed E-state index contributed by atoms with van der Waals surface area (Å²) in [6.45, 7) is 9.81. The van der Waals surface area contributed by atoms with Crippen molar-refractivity contribution in [3.05, 3.63) is 30.2 Å². The number of amides is 2. The standard InChI is InChI=1S/C21H30N4O3/c1-21(2,25-11-13-27-14-12-25)15-22-20(26)24-9-7-16(8-10-24)19-23-17-5-3-4-6-18(17)28-19/h3-6,16H,7-15H2,1-2H3,(H,22,26). The van der Waals surface area contributed by atoms with Gasteiger partial charge in [0.05, 0.1) is 13.2 Å². The summed E-state index contributed by atoms with van der Waals surface area (Å²) in [6, 6.07) is 7.88. The lowest BCUT2D eigenvalue weighted by Gasteiger charge is -2.41. The molecule has 2 fully saturated rings. The summed E-state index contributed by atoms with van der Waals surface area (Å²) >= 11 is 0. The Morgan fingerprint density at radius 2 is 1.89 bits per heavy atom. The number of oxazole rings is 1. The van der Waals surface area contributed by atoms with Crippen molar-refractivity contribution in [3.8, 4) is 0 Å². The average molecular weight is 386 g/mol. The molecule has 152 valence electrons. The number of para-hydroxylation sites is 2. The molecule has 3 heterocycles. The Morgan fingerprint density at radius 3 is 2.61 bits per heavy atom. The van der Waals surface area contributed by atoms with Gasteiger partial charge < -0.3 is 19.4 Å². The smallest absolute Gasteiger partial charge is 0.317 e. The van der Waals surface area contributed by atoms with Crippen molar-refractivity contribution >= 4 is 17.1 Å². The summed E-state index contributed by atoms with van der Waals surface area (Å²) in [5.74, 6) is 1.08. The largest absolute Gasteiger partial charge is 0.440 e. The number of carbonyl (C=O) groups is 1. The number of benzene rings is 1. The fourth-order valence-electron chi connectivity index (χ4n) is 4.08. The maximum absolute atomic E-state index is 12.6. The normalized spacial score (nSPS) is 19.9. The maximum Gasteiger partial charge on any atom is 0.317 e. The number of fused-ring (bicyclic) bond motifs is 1. The van der Waals surface area contributed by atoms with Gasteiger partial charge in [0, 0.05) is 44.2 Å². The number of ether oxygens (including phenoxy) is 1. The van der Waals surface area contributed by atoms with Gasteiger partial charge in [-0.25, -0.2) is 9.78 Å². The van der Waals surface area contributed by atoms with E-state index in [0.29, 0.717) is 6.54 Å². The SMILES string of the molecule is CC(C)(CNC(=O)N1CCC(c2nc3ccccc3o2)CC1)N1CCOCC1. The lowest BCUT2D eigenvalue weighted by Crippen LogP contribution is -2.57. The van der Waals surface area contributed by atoms with E-state index < -0.39 is 0 Å². The number of hydrogen-bond donors (Lipinski definition) is 1. The number of rotatable bonds is 4. The molecule has 0 bridgehead atoms. The quantitative estimate of drug-likeness (QED) is 0.875. The number of likely N-dealkylation sites (tertiary alicyclic amines) is 1. The van der Waals surface area contributed by atoms with Crippen LogP contribution in [0.5, 0.6) is 0 Å². The van der Waals surface area contributed by atoms with Gasteiger partial charge in [0.15, 0.2) is 11.5 Å². The number of piperidine rings is 1. The Morgan fingerprint density at radius 1 is 1.18 bits per heavy atom. The van der Waals surface area contributed by atoms with E-state index in [1.807, 2.05) is 29.2 Å². The minimum atomic E-state index is -0.0735. The molecule has 2 aromatic rings. The van der Waals surface area contributed by atoms with Crippen LogP contribution in [0.4, 0.5) is 4.79 Å². The predicted octanol–water partition coefficient (Wildman–Crippen LogP) is 2.83. The summed E-state index contributed by atoms with van der Waals surface area (Å²) < 4.78 is 11.3. The van der Waals surface area contributed by atoms with Crippen LogP contribution in [0.3, 0.4) is 0 Å². The first kappa shape index (κ1) is 19.2. The van der Waals surface area contributed by atoms with Crippen LogP contribution in [-0.4, -0.2) is 72.3 Å². The van der Waals surface area contributed by atoms with Gasteiger partial charge in [0.2, 0.25) is 0 Å². The van der Waals surface area contributed by atoms with Crippen molar-refractivity contribution in [1.29, 1.82) is 0 Å². The Kier molecular flexibility index (Phi) is 5.55. The van der Waals surface area contributed by atoms with Gasteiger partial charge in [-0.05, 0) is 38.8 Å². The molecular weight excluding hydrogens is 356 g/mol. The highest BCUT2D eigenvalue weighted by Crippen LogP contribution is 2.30. The molecule has 2 aliphatic heterocycles. The third-order valence-corrected chi connectivity index (χ3v) is 5.98. The van der Waals surface area contributed by atoms with Gasteiger partial charge in [-0.3, -0.25) is 4.90 Å². The topological polar surface area (TPSA) is 70.8 Å². The highest BCUT2D eigenvalue weighted by Gasteiger charge is 2.31. The summed E-state index contributed by atoms with van der Waals surface area (Å²) in [5.41, 5.74) is 1.67. The number of morpholine rings is 1. The van der Waals surface area contributed by atoms with Crippen molar-refractivity contribution in [3.63, 3.8) is 0 Å². The highest BCUT2D eigenvalue weighted by molar-refractivity contribution is 5.74. The lowest BCUT2D eigenvalue weighted by molar-refractivity contribution is -0.00910. The van der Waals surface area contributed by atoms with E-state index in [0.717, 1.165) is 69.2 Å².